The third kappa shape index (κ3) is 58.8. The average Bonchev–Trinajstić information content (AvgIpc) is 0.858. The van der Waals surface area contributed by atoms with Gasteiger partial charge in [0.1, 0.15) is 80.4 Å². The van der Waals surface area contributed by atoms with Crippen LogP contribution in [0.1, 0.15) is 133 Å². The normalized spacial score (nSPS) is 22.2. The van der Waals surface area contributed by atoms with Gasteiger partial charge in [0, 0.05) is 138 Å². The predicted octanol–water partition coefficient (Wildman–Crippen LogP) is -7.14. The van der Waals surface area contributed by atoms with E-state index in [-0.39, 0.29) is 107 Å². The van der Waals surface area contributed by atoms with Gasteiger partial charge in [-0.3, -0.25) is 56.1 Å². The fraction of sp³-hybridized carbons (Fsp3) is 0.754. The first-order valence-electron chi connectivity index (χ1n) is 37.5. The smallest absolute Gasteiger partial charge is 0.334 e. The van der Waals surface area contributed by atoms with Gasteiger partial charge in [0.2, 0.25) is 35.3 Å². The number of carbonyl (C=O) groups excluding carboxylic acids is 14. The maximum absolute atomic E-state index is 12.3. The minimum absolute atomic E-state index is 0.00547. The molecule has 2 saturated heterocycles. The first-order chi connectivity index (χ1) is 55.9. The van der Waals surface area contributed by atoms with E-state index in [1.807, 2.05) is 17.8 Å². The highest BCUT2D eigenvalue weighted by molar-refractivity contribution is 7.95. The zero-order chi connectivity index (χ0) is 95.7. The Labute approximate surface area is 707 Å². The molecular formula is C69H124N9O39PS4. The van der Waals surface area contributed by atoms with E-state index in [9.17, 15) is 142 Å². The Morgan fingerprint density at radius 3 is 1.54 bits per heavy atom. The fourth-order valence-electron chi connectivity index (χ4n) is 9.64. The van der Waals surface area contributed by atoms with Crippen LogP contribution in [0, 0.1) is 47.3 Å². The molecule has 0 radical (unpaired) electrons. The second-order valence-electron chi connectivity index (χ2n) is 29.1. The van der Waals surface area contributed by atoms with Crippen molar-refractivity contribution in [2.24, 2.45) is 47.3 Å². The summed E-state index contributed by atoms with van der Waals surface area (Å²) in [4.78, 5) is 169. The number of amides is 6. The number of carbonyl (C=O) groups is 14. The monoisotopic (exact) mass is 1860 g/mol. The van der Waals surface area contributed by atoms with Crippen LogP contribution in [0.5, 0.6) is 0 Å². The Bertz CT molecular complexity index is 3930. The first-order valence-corrected chi connectivity index (χ1v) is 46.1. The summed E-state index contributed by atoms with van der Waals surface area (Å²) in [6.07, 6.45) is -3.99. The summed E-state index contributed by atoms with van der Waals surface area (Å²) < 4.78 is 128. The van der Waals surface area contributed by atoms with Crippen molar-refractivity contribution in [3.05, 3.63) is 11.9 Å². The van der Waals surface area contributed by atoms with Gasteiger partial charge in [0.05, 0.1) is 71.8 Å². The molecule has 1 aromatic rings. The van der Waals surface area contributed by atoms with Gasteiger partial charge in [-0.25, -0.2) is 4.21 Å². The van der Waals surface area contributed by atoms with Crippen LogP contribution in [0.3, 0.4) is 0 Å². The number of ether oxygens (including phenoxy) is 2. The van der Waals surface area contributed by atoms with Gasteiger partial charge in [-0.1, -0.05) is 67.5 Å². The molecule has 21 atom stereocenters. The molecule has 53 heteroatoms. The SMILES string of the molecule is C=S(=O)(O)CCC(C(=O)NCC(C)C=O)S(=O)(=O)O.CC(C=O)CC(=O)CC1C(O)CC(C)(O)OC1C(O)C(O)CO.CC(C=O)CNC(=O)CCOS(C)(=O)=O.CC(C=O)CNC(=O)CP(=O)(O)O.CC(C=O)CNC(=O)CS(=O)(=O)O.CCC(O)C(O)C1OC(O)(C(=O)NCC(C)C=O)CC(O)C1NC(C)=O.CCCn1cc(CC(C)C=O)nn1. The molecule has 1 aromatic heterocycles. The van der Waals surface area contributed by atoms with Gasteiger partial charge >= 0.3 is 7.60 Å². The van der Waals surface area contributed by atoms with Gasteiger partial charge in [-0.2, -0.15) is 25.3 Å². The molecule has 2 aliphatic heterocycles. The Hall–Kier alpha value is -7.26. The Morgan fingerprint density at radius 2 is 1.12 bits per heavy atom. The van der Waals surface area contributed by atoms with Crippen LogP contribution in [0.25, 0.3) is 0 Å². The van der Waals surface area contributed by atoms with E-state index >= 15 is 0 Å². The standard InChI is InChI=1S/C16H28N2O8.C15H26O8.C9H15N3O.C9H17NO7S2.C8H15NO5S.C6H12NO5P.C6H11NO5S/c1-4-10(21)13(23)14-12(18-9(3)20)11(22)5-16(25,26-14)15(24)17-6-8(2)7-19;1-8(6-16)3-9(18)4-10-11(19)5-15(2,22)23-14(10)13(21)12(20)7-17;1-3-4-12-6-9(10-11-12)5-8(2)7-13;1-7(6-11)5-10-9(12)8(19(15,16)17)3-4-18(2,13)14;1-7(6-10)5-9-8(11)3-4-14-15(2,12)13;2*1-5(3-8)2-7-6(9)4-13(10,11)12/h7-8,10-14,21-23,25H,4-6H2,1-3H3,(H,17,24)(H,18,20);6,8,10-14,17,19-22H,3-5,7H2,1-2H3;6-8H,3-5H2,1-2H3;6-8H,2-5H2,1H3,(H,10,12)(H,13,14)(H,15,16,17);6-7H,3-5H2,1-2H3,(H,9,11);3,5H,2,4H2,1H3,(H,7,9)(H2,10,11,12);3,5H,2,4H2,1H3,(H,7,9)(H,10,11,12). The number of aliphatic hydroxyl groups is 9. The molecule has 0 aliphatic carbocycles. The molecule has 2 fully saturated rings. The van der Waals surface area contributed by atoms with E-state index in [4.69, 9.17) is 38.0 Å². The number of rotatable bonds is 46. The van der Waals surface area contributed by atoms with Crippen molar-refractivity contribution in [1.29, 1.82) is 0 Å². The van der Waals surface area contributed by atoms with Crippen molar-refractivity contribution < 1.29 is 184 Å². The lowest BCUT2D eigenvalue weighted by Crippen LogP contribution is -2.68. The number of ketones is 1. The fourth-order valence-corrected chi connectivity index (χ4v) is 12.5. The maximum Gasteiger partial charge on any atom is 0.334 e. The zero-order valence-corrected chi connectivity index (χ0v) is 73.9. The van der Waals surface area contributed by atoms with Crippen LogP contribution >= 0.6 is 7.60 Å². The van der Waals surface area contributed by atoms with Crippen LogP contribution in [0.15, 0.2) is 6.20 Å². The number of hydrogen-bond donors (Lipinski definition) is 20. The van der Waals surface area contributed by atoms with E-state index in [1.165, 1.54) is 20.8 Å². The molecule has 20 N–H and O–H groups in total. The molecule has 48 nitrogen and oxygen atoms in total. The minimum Gasteiger partial charge on any atom is -0.394 e. The summed E-state index contributed by atoms with van der Waals surface area (Å²) in [5.74, 6) is -10.8. The van der Waals surface area contributed by atoms with Gasteiger partial charge < -0.3 is 135 Å². The van der Waals surface area contributed by atoms with E-state index in [0.717, 1.165) is 37.5 Å². The summed E-state index contributed by atoms with van der Waals surface area (Å²) in [5.41, 5.74) is 0.896. The van der Waals surface area contributed by atoms with Crippen LogP contribution in [0.4, 0.5) is 0 Å². The van der Waals surface area contributed by atoms with Crippen LogP contribution in [-0.4, -0.2) is 347 Å². The molecule has 708 valence electrons. The lowest BCUT2D eigenvalue weighted by molar-refractivity contribution is -0.303. The number of Topliss-reactive ketones (excluding diaryl/α,β-unsaturated/α-hetero) is 1. The van der Waals surface area contributed by atoms with Crippen molar-refractivity contribution in [2.75, 3.05) is 69.9 Å². The molecule has 0 saturated carbocycles. The summed E-state index contributed by atoms with van der Waals surface area (Å²) in [6.45, 7) is 17.8. The minimum atomic E-state index is -4.71. The van der Waals surface area contributed by atoms with E-state index in [1.54, 1.807) is 41.5 Å². The molecule has 122 heavy (non-hydrogen) atoms. The van der Waals surface area contributed by atoms with E-state index in [0.29, 0.717) is 37.9 Å². The number of nitrogens with zero attached hydrogens (tertiary/aromatic N) is 3. The summed E-state index contributed by atoms with van der Waals surface area (Å²) >= 11 is 0. The third-order valence-electron chi connectivity index (χ3n) is 16.2. The average molecular weight is 1860 g/mol. The third-order valence-corrected chi connectivity index (χ3v) is 20.1. The van der Waals surface area contributed by atoms with Crippen molar-refractivity contribution in [3.63, 3.8) is 0 Å². The van der Waals surface area contributed by atoms with Crippen LogP contribution < -0.4 is 31.9 Å². The lowest BCUT2D eigenvalue weighted by Gasteiger charge is -2.45. The predicted molar refractivity (Wildman–Crippen MR) is 430 cm³/mol. The molecule has 21 unspecified atom stereocenters. The molecule has 0 bridgehead atoms. The maximum atomic E-state index is 12.3. The van der Waals surface area contributed by atoms with Crippen molar-refractivity contribution in [2.45, 2.75) is 212 Å². The second-order valence-corrected chi connectivity index (χ2v) is 37.4. The van der Waals surface area contributed by atoms with Crippen molar-refractivity contribution in [3.8, 4) is 0 Å². The Balaban J connectivity index is -0.000000677. The second kappa shape index (κ2) is 60.4. The van der Waals surface area contributed by atoms with E-state index < -0.39 is 210 Å². The van der Waals surface area contributed by atoms with E-state index in [2.05, 4.69) is 59.2 Å². The molecule has 3 heterocycles. The quantitative estimate of drug-likeness (QED) is 0.00948. The van der Waals surface area contributed by atoms with Crippen LogP contribution in [-0.2, 0) is 138 Å². The first kappa shape index (κ1) is 121. The summed E-state index contributed by atoms with van der Waals surface area (Å²) in [6, 6.07) is -1.13. The van der Waals surface area contributed by atoms with Gasteiger partial charge in [-0.15, -0.1) is 5.10 Å². The highest BCUT2D eigenvalue weighted by Gasteiger charge is 2.54. The summed E-state index contributed by atoms with van der Waals surface area (Å²) in [7, 11) is -20.2. The highest BCUT2D eigenvalue weighted by atomic mass is 32.2. The van der Waals surface area contributed by atoms with Gasteiger partial charge in [-0.05, 0) is 32.1 Å². The molecule has 0 aromatic carbocycles. The topological polar surface area (TPSA) is 789 Å². The molecule has 2 aliphatic rings. The number of hydrogen-bond acceptors (Lipinski definition) is 36. The lowest BCUT2D eigenvalue weighted by atomic mass is 9.80. The number of nitrogens with one attached hydrogen (secondary N) is 6. The number of aryl methyl sites for hydroxylation is 1. The molecule has 6 amide bonds. The molecular weight excluding hydrogens is 1740 g/mol. The zero-order valence-electron chi connectivity index (χ0n) is 69.7. The Kier molecular flexibility index (Phi) is 59.9. The molecule has 3 rings (SSSR count). The number of aromatic nitrogens is 3. The largest absolute Gasteiger partial charge is 0.394 e. The van der Waals surface area contributed by atoms with Gasteiger partial charge in [0.25, 0.3) is 36.3 Å². The van der Waals surface area contributed by atoms with Crippen molar-refractivity contribution >= 4 is 139 Å². The highest BCUT2D eigenvalue weighted by Crippen LogP contribution is 2.37. The molecule has 0 spiro atoms. The Morgan fingerprint density at radius 1 is 0.664 bits per heavy atom. The van der Waals surface area contributed by atoms with Crippen LogP contribution in [0.2, 0.25) is 0 Å². The van der Waals surface area contributed by atoms with Crippen molar-refractivity contribution in [1.82, 2.24) is 46.9 Å². The number of aldehydes is 7. The summed E-state index contributed by atoms with van der Waals surface area (Å²) in [5, 5.41) is 110. The number of aliphatic hydroxyl groups excluding tert-OH is 7. The van der Waals surface area contributed by atoms with Gasteiger partial charge in [0.15, 0.2) is 16.8 Å².